The lowest BCUT2D eigenvalue weighted by Gasteiger charge is -2.31. The van der Waals surface area contributed by atoms with Crippen molar-refractivity contribution in [2.24, 2.45) is 17.4 Å². The monoisotopic (exact) mass is 265 g/mol. The highest BCUT2D eigenvalue weighted by Gasteiger charge is 2.24. The summed E-state index contributed by atoms with van der Waals surface area (Å²) in [5.74, 6) is -0.595. The Morgan fingerprint density at radius 2 is 2.21 bits per heavy atom. The van der Waals surface area contributed by atoms with E-state index in [0.717, 1.165) is 30.5 Å². The van der Waals surface area contributed by atoms with Crippen molar-refractivity contribution < 1.29 is 9.18 Å². The third-order valence-electron chi connectivity index (χ3n) is 3.69. The summed E-state index contributed by atoms with van der Waals surface area (Å²) in [7, 11) is 0. The van der Waals surface area contributed by atoms with Crippen molar-refractivity contribution in [2.45, 2.75) is 25.9 Å². The molecule has 1 atom stereocenters. The number of benzene rings is 1. The van der Waals surface area contributed by atoms with E-state index in [4.69, 9.17) is 11.5 Å². The molecule has 1 aromatic carbocycles. The number of amides is 1. The van der Waals surface area contributed by atoms with Crippen LogP contribution < -0.4 is 11.5 Å². The van der Waals surface area contributed by atoms with Gasteiger partial charge >= 0.3 is 0 Å². The van der Waals surface area contributed by atoms with Gasteiger partial charge in [0.25, 0.3) is 0 Å². The van der Waals surface area contributed by atoms with Gasteiger partial charge in [-0.3, -0.25) is 9.69 Å². The zero-order chi connectivity index (χ0) is 13.8. The van der Waals surface area contributed by atoms with E-state index in [-0.39, 0.29) is 17.6 Å². The molecule has 0 spiro atoms. The van der Waals surface area contributed by atoms with Crippen molar-refractivity contribution in [3.05, 3.63) is 35.1 Å². The molecule has 0 aliphatic carbocycles. The van der Waals surface area contributed by atoms with Crippen LogP contribution >= 0.6 is 0 Å². The average Bonchev–Trinajstić information content (AvgIpc) is 2.39. The van der Waals surface area contributed by atoms with Crippen LogP contribution in [0.15, 0.2) is 18.2 Å². The third kappa shape index (κ3) is 3.52. The van der Waals surface area contributed by atoms with Crippen molar-refractivity contribution in [3.63, 3.8) is 0 Å². The Balaban J connectivity index is 2.08. The minimum Gasteiger partial charge on any atom is -0.369 e. The molecule has 5 heteroatoms. The highest BCUT2D eigenvalue weighted by Crippen LogP contribution is 2.20. The lowest BCUT2D eigenvalue weighted by Crippen LogP contribution is -2.40. The Labute approximate surface area is 112 Å². The summed E-state index contributed by atoms with van der Waals surface area (Å²) in [4.78, 5) is 13.4. The SMILES string of the molecule is NCc1ccc(F)cc1CN1CCCC(C(N)=O)C1. The first-order valence-electron chi connectivity index (χ1n) is 6.59. The number of carbonyl (C=O) groups is 1. The third-order valence-corrected chi connectivity index (χ3v) is 3.69. The molecule has 0 bridgehead atoms. The maximum absolute atomic E-state index is 13.3. The second-order valence-electron chi connectivity index (χ2n) is 5.09. The van der Waals surface area contributed by atoms with Crippen molar-refractivity contribution in [1.29, 1.82) is 0 Å². The Bertz CT molecular complexity index is 464. The van der Waals surface area contributed by atoms with Gasteiger partial charge in [0.05, 0.1) is 5.92 Å². The Morgan fingerprint density at radius 3 is 2.89 bits per heavy atom. The number of hydrogen-bond acceptors (Lipinski definition) is 3. The Morgan fingerprint density at radius 1 is 1.42 bits per heavy atom. The molecule has 1 fully saturated rings. The van der Waals surface area contributed by atoms with Gasteiger partial charge in [-0.15, -0.1) is 0 Å². The number of nitrogens with two attached hydrogens (primary N) is 2. The molecular weight excluding hydrogens is 245 g/mol. The number of piperidine rings is 1. The summed E-state index contributed by atoms with van der Waals surface area (Å²) in [6.45, 7) is 2.57. The Hall–Kier alpha value is -1.46. The van der Waals surface area contributed by atoms with E-state index in [1.807, 2.05) is 0 Å². The maximum Gasteiger partial charge on any atom is 0.221 e. The molecule has 1 unspecified atom stereocenters. The summed E-state index contributed by atoms with van der Waals surface area (Å²) in [6.07, 6.45) is 1.79. The van der Waals surface area contributed by atoms with Gasteiger partial charge in [0.1, 0.15) is 5.82 Å². The first-order chi connectivity index (χ1) is 9.10. The lowest BCUT2D eigenvalue weighted by atomic mass is 9.96. The molecule has 1 aliphatic rings. The molecule has 1 saturated heterocycles. The van der Waals surface area contributed by atoms with Gasteiger partial charge in [-0.05, 0) is 42.6 Å². The van der Waals surface area contributed by atoms with Gasteiger partial charge in [-0.25, -0.2) is 4.39 Å². The van der Waals surface area contributed by atoms with Gasteiger partial charge in [0, 0.05) is 19.6 Å². The molecule has 0 saturated carbocycles. The van der Waals surface area contributed by atoms with Gasteiger partial charge in [-0.2, -0.15) is 0 Å². The van der Waals surface area contributed by atoms with E-state index in [0.29, 0.717) is 19.6 Å². The number of carbonyl (C=O) groups excluding carboxylic acids is 1. The predicted octanol–water partition coefficient (Wildman–Crippen LogP) is 0.982. The quantitative estimate of drug-likeness (QED) is 0.852. The van der Waals surface area contributed by atoms with Gasteiger partial charge < -0.3 is 11.5 Å². The second kappa shape index (κ2) is 6.12. The first kappa shape index (κ1) is 14.0. The van der Waals surface area contributed by atoms with E-state index in [1.54, 1.807) is 6.07 Å². The van der Waals surface area contributed by atoms with E-state index in [9.17, 15) is 9.18 Å². The van der Waals surface area contributed by atoms with Crippen molar-refractivity contribution in [3.8, 4) is 0 Å². The summed E-state index contributed by atoms with van der Waals surface area (Å²) in [5, 5.41) is 0. The smallest absolute Gasteiger partial charge is 0.221 e. The summed E-state index contributed by atoms with van der Waals surface area (Å²) >= 11 is 0. The average molecular weight is 265 g/mol. The molecule has 0 aromatic heterocycles. The van der Waals surface area contributed by atoms with Crippen molar-refractivity contribution in [2.75, 3.05) is 13.1 Å². The minimum absolute atomic E-state index is 0.0939. The fraction of sp³-hybridized carbons (Fsp3) is 0.500. The highest BCUT2D eigenvalue weighted by molar-refractivity contribution is 5.76. The largest absolute Gasteiger partial charge is 0.369 e. The predicted molar refractivity (Wildman–Crippen MR) is 71.5 cm³/mol. The van der Waals surface area contributed by atoms with Crippen LogP contribution in [0.1, 0.15) is 24.0 Å². The van der Waals surface area contributed by atoms with Crippen LogP contribution in [0, 0.1) is 11.7 Å². The van der Waals surface area contributed by atoms with E-state index in [2.05, 4.69) is 4.90 Å². The summed E-state index contributed by atoms with van der Waals surface area (Å²) in [6, 6.07) is 4.67. The number of rotatable bonds is 4. The zero-order valence-corrected chi connectivity index (χ0v) is 10.9. The molecular formula is C14H20FN3O. The standard InChI is InChI=1S/C14H20FN3O/c15-13-4-3-10(7-16)12(6-13)9-18-5-1-2-11(8-18)14(17)19/h3-4,6,11H,1-2,5,7-9,16H2,(H2,17,19). The molecule has 4 nitrogen and oxygen atoms in total. The molecule has 104 valence electrons. The first-order valence-corrected chi connectivity index (χ1v) is 6.59. The van der Waals surface area contributed by atoms with Gasteiger partial charge in [0.15, 0.2) is 0 Å². The minimum atomic E-state index is -0.254. The number of nitrogens with zero attached hydrogens (tertiary/aromatic N) is 1. The molecule has 1 amide bonds. The molecule has 1 heterocycles. The van der Waals surface area contributed by atoms with E-state index < -0.39 is 0 Å². The topological polar surface area (TPSA) is 72.3 Å². The maximum atomic E-state index is 13.3. The number of likely N-dealkylation sites (tertiary alicyclic amines) is 1. The van der Waals surface area contributed by atoms with Crippen LogP contribution in [-0.2, 0) is 17.9 Å². The fourth-order valence-corrected chi connectivity index (χ4v) is 2.61. The van der Waals surface area contributed by atoms with Crippen molar-refractivity contribution >= 4 is 5.91 Å². The van der Waals surface area contributed by atoms with Crippen molar-refractivity contribution in [1.82, 2.24) is 4.90 Å². The Kier molecular flexibility index (Phi) is 4.50. The number of hydrogen-bond donors (Lipinski definition) is 2. The van der Waals surface area contributed by atoms with Crippen LogP contribution in [-0.4, -0.2) is 23.9 Å². The summed E-state index contributed by atoms with van der Waals surface area (Å²) in [5.41, 5.74) is 12.9. The molecule has 4 N–H and O–H groups in total. The summed E-state index contributed by atoms with van der Waals surface area (Å²) < 4.78 is 13.3. The normalized spacial score (nSPS) is 20.4. The highest BCUT2D eigenvalue weighted by atomic mass is 19.1. The van der Waals surface area contributed by atoms with Crippen LogP contribution in [0.5, 0.6) is 0 Å². The van der Waals surface area contributed by atoms with Crippen LogP contribution in [0.2, 0.25) is 0 Å². The molecule has 1 aromatic rings. The zero-order valence-electron chi connectivity index (χ0n) is 10.9. The second-order valence-corrected chi connectivity index (χ2v) is 5.09. The van der Waals surface area contributed by atoms with Crippen LogP contribution in [0.3, 0.4) is 0 Å². The lowest BCUT2D eigenvalue weighted by molar-refractivity contribution is -0.123. The number of primary amides is 1. The molecule has 19 heavy (non-hydrogen) atoms. The van der Waals surface area contributed by atoms with Gasteiger partial charge in [0.2, 0.25) is 5.91 Å². The molecule has 2 rings (SSSR count). The van der Waals surface area contributed by atoms with Crippen LogP contribution in [0.25, 0.3) is 0 Å². The van der Waals surface area contributed by atoms with E-state index in [1.165, 1.54) is 12.1 Å². The number of halogens is 1. The van der Waals surface area contributed by atoms with E-state index >= 15 is 0 Å². The fourth-order valence-electron chi connectivity index (χ4n) is 2.61. The van der Waals surface area contributed by atoms with Crippen LogP contribution in [0.4, 0.5) is 4.39 Å². The van der Waals surface area contributed by atoms with Gasteiger partial charge in [-0.1, -0.05) is 6.07 Å². The molecule has 0 radical (unpaired) electrons. The molecule has 1 aliphatic heterocycles.